The fourth-order valence-corrected chi connectivity index (χ4v) is 0.579. The summed E-state index contributed by atoms with van der Waals surface area (Å²) in [5, 5.41) is 0. The molecule has 0 bridgehead atoms. The number of primary amides is 1. The van der Waals surface area contributed by atoms with Crippen molar-refractivity contribution >= 4 is 11.9 Å². The Labute approximate surface area is 76.5 Å². The van der Waals surface area contributed by atoms with Crippen LogP contribution in [0.15, 0.2) is 12.3 Å². The Hall–Kier alpha value is -1.52. The summed E-state index contributed by atoms with van der Waals surface area (Å²) in [6, 6.07) is 0. The average molecular weight is 187 g/mol. The first-order valence-electron chi connectivity index (χ1n) is 3.81. The molecule has 0 saturated carbocycles. The van der Waals surface area contributed by atoms with Gasteiger partial charge < -0.3 is 15.2 Å². The van der Waals surface area contributed by atoms with E-state index in [1.165, 1.54) is 6.92 Å². The second-order valence-corrected chi connectivity index (χ2v) is 2.30. The summed E-state index contributed by atoms with van der Waals surface area (Å²) < 4.78 is 9.41. The lowest BCUT2D eigenvalue weighted by Crippen LogP contribution is -2.26. The van der Waals surface area contributed by atoms with Gasteiger partial charge in [-0.3, -0.25) is 4.79 Å². The van der Waals surface area contributed by atoms with Gasteiger partial charge in [0.1, 0.15) is 0 Å². The topological polar surface area (TPSA) is 78.6 Å². The molecule has 74 valence electrons. The van der Waals surface area contributed by atoms with Gasteiger partial charge in [-0.2, -0.15) is 0 Å². The molecular formula is C8H13NO4. The van der Waals surface area contributed by atoms with Crippen LogP contribution in [0.3, 0.4) is 0 Å². The molecule has 0 fully saturated rings. The van der Waals surface area contributed by atoms with E-state index < -0.39 is 18.0 Å². The predicted octanol–water partition coefficient (Wildman–Crippen LogP) is -0.0464. The molecule has 0 rings (SSSR count). The maximum Gasteiger partial charge on any atom is 0.347 e. The van der Waals surface area contributed by atoms with Crippen molar-refractivity contribution in [1.29, 1.82) is 0 Å². The molecule has 0 aromatic rings. The highest BCUT2D eigenvalue weighted by atomic mass is 16.6. The summed E-state index contributed by atoms with van der Waals surface area (Å²) in [6.07, 6.45) is -0.861. The zero-order valence-electron chi connectivity index (χ0n) is 7.70. The zero-order valence-corrected chi connectivity index (χ0v) is 7.70. The lowest BCUT2D eigenvalue weighted by Gasteiger charge is -2.12. The number of carbonyl (C=O) groups is 2. The fraction of sp³-hybridized carbons (Fsp3) is 0.500. The van der Waals surface area contributed by atoms with Crippen LogP contribution in [0.5, 0.6) is 0 Å². The molecule has 0 aromatic heterocycles. The molecule has 0 spiro atoms. The van der Waals surface area contributed by atoms with Crippen molar-refractivity contribution in [3.8, 4) is 0 Å². The van der Waals surface area contributed by atoms with Gasteiger partial charge in [0.25, 0.3) is 5.91 Å². The van der Waals surface area contributed by atoms with Gasteiger partial charge in [-0.15, -0.1) is 0 Å². The van der Waals surface area contributed by atoms with Crippen LogP contribution in [0.1, 0.15) is 13.8 Å². The van der Waals surface area contributed by atoms with Crippen LogP contribution in [-0.4, -0.2) is 24.6 Å². The molecule has 1 unspecified atom stereocenters. The van der Waals surface area contributed by atoms with Crippen LogP contribution in [0, 0.1) is 0 Å². The number of rotatable bonds is 5. The van der Waals surface area contributed by atoms with Crippen LogP contribution >= 0.6 is 0 Å². The van der Waals surface area contributed by atoms with Crippen molar-refractivity contribution in [3.05, 3.63) is 12.3 Å². The average Bonchev–Trinajstić information content (AvgIpc) is 2.04. The van der Waals surface area contributed by atoms with Gasteiger partial charge in [0.05, 0.1) is 6.61 Å². The number of nitrogens with two attached hydrogens (primary N) is 1. The van der Waals surface area contributed by atoms with E-state index in [2.05, 4.69) is 11.3 Å². The monoisotopic (exact) mass is 187 g/mol. The molecular weight excluding hydrogens is 174 g/mol. The van der Waals surface area contributed by atoms with Crippen LogP contribution in [0.25, 0.3) is 0 Å². The Morgan fingerprint density at radius 2 is 2.08 bits per heavy atom. The minimum atomic E-state index is -0.861. The predicted molar refractivity (Wildman–Crippen MR) is 45.5 cm³/mol. The number of hydrogen-bond donors (Lipinski definition) is 1. The van der Waals surface area contributed by atoms with Crippen LogP contribution < -0.4 is 5.73 Å². The van der Waals surface area contributed by atoms with E-state index in [0.717, 1.165) is 0 Å². The summed E-state index contributed by atoms with van der Waals surface area (Å²) in [5.74, 6) is -1.60. The molecule has 0 saturated heterocycles. The van der Waals surface area contributed by atoms with Gasteiger partial charge in [-0.1, -0.05) is 6.58 Å². The van der Waals surface area contributed by atoms with Crippen molar-refractivity contribution in [1.82, 2.24) is 0 Å². The smallest absolute Gasteiger partial charge is 0.347 e. The SMILES string of the molecule is C=C(OC(C)C(=O)OCC)C(N)=O. The van der Waals surface area contributed by atoms with Crippen molar-refractivity contribution in [3.63, 3.8) is 0 Å². The minimum Gasteiger partial charge on any atom is -0.474 e. The maximum absolute atomic E-state index is 11.0. The molecule has 0 aliphatic rings. The number of ether oxygens (including phenoxy) is 2. The fourth-order valence-electron chi connectivity index (χ4n) is 0.579. The van der Waals surface area contributed by atoms with Gasteiger partial charge >= 0.3 is 5.97 Å². The van der Waals surface area contributed by atoms with Gasteiger partial charge in [0.15, 0.2) is 11.9 Å². The summed E-state index contributed by atoms with van der Waals surface area (Å²) in [5.41, 5.74) is 4.84. The Bertz CT molecular complexity index is 224. The van der Waals surface area contributed by atoms with Gasteiger partial charge in [-0.05, 0) is 13.8 Å². The third kappa shape index (κ3) is 4.15. The molecule has 13 heavy (non-hydrogen) atoms. The van der Waals surface area contributed by atoms with Crippen molar-refractivity contribution in [2.24, 2.45) is 5.73 Å². The Morgan fingerprint density at radius 1 is 1.54 bits per heavy atom. The number of amides is 1. The largest absolute Gasteiger partial charge is 0.474 e. The van der Waals surface area contributed by atoms with Crippen molar-refractivity contribution < 1.29 is 19.1 Å². The highest BCUT2D eigenvalue weighted by Crippen LogP contribution is 2.01. The summed E-state index contributed by atoms with van der Waals surface area (Å²) in [7, 11) is 0. The highest BCUT2D eigenvalue weighted by molar-refractivity contribution is 5.89. The van der Waals surface area contributed by atoms with Gasteiger partial charge in [-0.25, -0.2) is 4.79 Å². The van der Waals surface area contributed by atoms with Crippen LogP contribution in [0.2, 0.25) is 0 Å². The number of esters is 1. The molecule has 0 heterocycles. The Balaban J connectivity index is 3.99. The van der Waals surface area contributed by atoms with Crippen molar-refractivity contribution in [2.75, 3.05) is 6.61 Å². The normalized spacial score (nSPS) is 11.5. The lowest BCUT2D eigenvalue weighted by atomic mass is 10.4. The van der Waals surface area contributed by atoms with E-state index in [0.29, 0.717) is 0 Å². The molecule has 0 aromatic carbocycles. The van der Waals surface area contributed by atoms with E-state index >= 15 is 0 Å². The summed E-state index contributed by atoms with van der Waals surface area (Å²) in [6.45, 7) is 6.62. The highest BCUT2D eigenvalue weighted by Gasteiger charge is 2.17. The summed E-state index contributed by atoms with van der Waals surface area (Å²) in [4.78, 5) is 21.4. The second kappa shape index (κ2) is 5.18. The molecule has 0 aliphatic heterocycles. The zero-order chi connectivity index (χ0) is 10.4. The van der Waals surface area contributed by atoms with E-state index in [1.807, 2.05) is 0 Å². The van der Waals surface area contributed by atoms with Crippen molar-refractivity contribution in [2.45, 2.75) is 20.0 Å². The molecule has 5 heteroatoms. The molecule has 0 radical (unpaired) electrons. The van der Waals surface area contributed by atoms with E-state index in [9.17, 15) is 9.59 Å². The quantitative estimate of drug-likeness (QED) is 0.372. The standard InChI is InChI=1S/C8H13NO4/c1-4-12-8(11)6(3)13-5(2)7(9)10/h6H,2,4H2,1,3H3,(H2,9,10). The van der Waals surface area contributed by atoms with Crippen LogP contribution in [0.4, 0.5) is 0 Å². The number of hydrogen-bond acceptors (Lipinski definition) is 4. The molecule has 0 aliphatic carbocycles. The molecule has 1 amide bonds. The van der Waals surface area contributed by atoms with Gasteiger partial charge in [0, 0.05) is 0 Å². The third-order valence-electron chi connectivity index (χ3n) is 1.21. The molecule has 1 atom stereocenters. The Kier molecular flexibility index (Phi) is 4.58. The van der Waals surface area contributed by atoms with E-state index in [1.54, 1.807) is 6.92 Å². The molecule has 5 nitrogen and oxygen atoms in total. The first-order chi connectivity index (χ1) is 5.99. The first-order valence-corrected chi connectivity index (χ1v) is 3.81. The number of carbonyl (C=O) groups excluding carboxylic acids is 2. The van der Waals surface area contributed by atoms with E-state index in [-0.39, 0.29) is 12.4 Å². The Morgan fingerprint density at radius 3 is 2.46 bits per heavy atom. The van der Waals surface area contributed by atoms with E-state index in [4.69, 9.17) is 10.5 Å². The summed E-state index contributed by atoms with van der Waals surface area (Å²) >= 11 is 0. The first kappa shape index (κ1) is 11.5. The molecule has 2 N–H and O–H groups in total. The minimum absolute atomic E-state index is 0.249. The third-order valence-corrected chi connectivity index (χ3v) is 1.21. The maximum atomic E-state index is 11.0. The second-order valence-electron chi connectivity index (χ2n) is 2.30. The van der Waals surface area contributed by atoms with Crippen LogP contribution in [-0.2, 0) is 19.1 Å². The lowest BCUT2D eigenvalue weighted by molar-refractivity contribution is -0.153. The van der Waals surface area contributed by atoms with Gasteiger partial charge in [0.2, 0.25) is 0 Å².